The molecule has 0 saturated heterocycles. The van der Waals surface area contributed by atoms with Gasteiger partial charge in [-0.3, -0.25) is 0 Å². The van der Waals surface area contributed by atoms with E-state index in [9.17, 15) is 0 Å². The molecule has 4 nitrogen and oxygen atoms in total. The molecule has 52 valence electrons. The van der Waals surface area contributed by atoms with Crippen molar-refractivity contribution in [2.75, 3.05) is 6.61 Å². The molecule has 0 atom stereocenters. The number of nitrogens with two attached hydrogens (primary N) is 1. The lowest BCUT2D eigenvalue weighted by atomic mass is 10.4. The van der Waals surface area contributed by atoms with Crippen LogP contribution in [0.25, 0.3) is 0 Å². The molecule has 0 aliphatic carbocycles. The molecule has 1 rings (SSSR count). The van der Waals surface area contributed by atoms with E-state index >= 15 is 0 Å². The van der Waals surface area contributed by atoms with E-state index in [2.05, 4.69) is 4.84 Å². The molecule has 0 spiro atoms. The largest absolute Gasteiger partial charge is 0.459 e. The van der Waals surface area contributed by atoms with Crippen molar-refractivity contribution in [1.29, 1.82) is 0 Å². The van der Waals surface area contributed by atoms with Gasteiger partial charge in [0.15, 0.2) is 0 Å². The van der Waals surface area contributed by atoms with E-state index in [1.165, 1.54) is 12.5 Å². The summed E-state index contributed by atoms with van der Waals surface area (Å²) in [7, 11) is 0. The quantitative estimate of drug-likeness (QED) is 0.552. The molecule has 0 amide bonds. The zero-order valence-corrected chi connectivity index (χ0v) is 4.95. The van der Waals surface area contributed by atoms with Crippen molar-refractivity contribution in [1.82, 2.24) is 0 Å². The summed E-state index contributed by atoms with van der Waals surface area (Å²) in [5.41, 5.74) is 0. The Morgan fingerprint density at radius 1 is 1.44 bits per heavy atom. The summed E-state index contributed by atoms with van der Waals surface area (Å²) in [6.07, 6.45) is 3.46. The Balaban J connectivity index is 2.01. The van der Waals surface area contributed by atoms with Gasteiger partial charge < -0.3 is 14.3 Å². The zero-order valence-electron chi connectivity index (χ0n) is 4.95. The normalized spacial score (nSPS) is 17.4. The minimum Gasteiger partial charge on any atom is -0.459 e. The molecule has 0 unspecified atom stereocenters. The van der Waals surface area contributed by atoms with Crippen LogP contribution >= 0.6 is 0 Å². The van der Waals surface area contributed by atoms with Crippen LogP contribution in [-0.4, -0.2) is 12.9 Å². The highest BCUT2D eigenvalue weighted by Gasteiger charge is 2.10. The van der Waals surface area contributed by atoms with E-state index in [1.807, 2.05) is 0 Å². The highest BCUT2D eigenvalue weighted by atomic mass is 16.7. The molecular formula is C5H9NO3. The Morgan fingerprint density at radius 3 is 2.67 bits per heavy atom. The first-order valence-corrected chi connectivity index (χ1v) is 2.71. The molecule has 2 N–H and O–H groups in total. The van der Waals surface area contributed by atoms with Gasteiger partial charge in [0, 0.05) is 6.42 Å². The number of rotatable bonds is 3. The Kier molecular flexibility index (Phi) is 2.35. The monoisotopic (exact) mass is 131 g/mol. The molecular weight excluding hydrogens is 122 g/mol. The predicted molar refractivity (Wildman–Crippen MR) is 29.9 cm³/mol. The Labute approximate surface area is 53.1 Å². The fourth-order valence-electron chi connectivity index (χ4n) is 0.572. The van der Waals surface area contributed by atoms with Crippen molar-refractivity contribution in [3.63, 3.8) is 0 Å². The van der Waals surface area contributed by atoms with E-state index in [4.69, 9.17) is 15.4 Å². The summed E-state index contributed by atoms with van der Waals surface area (Å²) in [6, 6.07) is 0. The minimum absolute atomic E-state index is 0.200. The molecule has 9 heavy (non-hydrogen) atoms. The SMILES string of the molecule is NOCCC1OC=CO1. The molecule has 0 fully saturated rings. The fraction of sp³-hybridized carbons (Fsp3) is 0.600. The topological polar surface area (TPSA) is 53.7 Å². The smallest absolute Gasteiger partial charge is 0.241 e. The summed E-state index contributed by atoms with van der Waals surface area (Å²) >= 11 is 0. The molecule has 1 aliphatic heterocycles. The average Bonchev–Trinajstić information content (AvgIpc) is 2.34. The summed E-state index contributed by atoms with van der Waals surface area (Å²) in [6.45, 7) is 0.451. The zero-order chi connectivity index (χ0) is 6.53. The summed E-state index contributed by atoms with van der Waals surface area (Å²) < 4.78 is 9.83. The highest BCUT2D eigenvalue weighted by molar-refractivity contribution is 4.70. The third-order valence-corrected chi connectivity index (χ3v) is 0.988. The van der Waals surface area contributed by atoms with E-state index in [0.29, 0.717) is 13.0 Å². The second-order valence-electron chi connectivity index (χ2n) is 1.63. The second kappa shape index (κ2) is 3.32. The Bertz CT molecular complexity index is 96.4. The summed E-state index contributed by atoms with van der Waals surface area (Å²) in [5, 5.41) is 0. The van der Waals surface area contributed by atoms with E-state index in [0.717, 1.165) is 0 Å². The third kappa shape index (κ3) is 1.91. The van der Waals surface area contributed by atoms with Crippen LogP contribution in [0.4, 0.5) is 0 Å². The molecule has 0 radical (unpaired) electrons. The van der Waals surface area contributed by atoms with Crippen LogP contribution in [0, 0.1) is 0 Å². The van der Waals surface area contributed by atoms with Crippen molar-refractivity contribution < 1.29 is 14.3 Å². The number of hydrogen-bond acceptors (Lipinski definition) is 4. The van der Waals surface area contributed by atoms with Gasteiger partial charge >= 0.3 is 0 Å². The number of hydrogen-bond donors (Lipinski definition) is 1. The van der Waals surface area contributed by atoms with Crippen LogP contribution in [0.1, 0.15) is 6.42 Å². The van der Waals surface area contributed by atoms with E-state index < -0.39 is 0 Å². The second-order valence-corrected chi connectivity index (χ2v) is 1.63. The van der Waals surface area contributed by atoms with Gasteiger partial charge in [-0.25, -0.2) is 5.90 Å². The molecule has 1 heterocycles. The molecule has 4 heteroatoms. The first-order chi connectivity index (χ1) is 4.43. The van der Waals surface area contributed by atoms with Crippen LogP contribution < -0.4 is 5.90 Å². The lowest BCUT2D eigenvalue weighted by molar-refractivity contribution is -0.0459. The summed E-state index contributed by atoms with van der Waals surface area (Å²) in [5.74, 6) is 4.78. The van der Waals surface area contributed by atoms with E-state index in [1.54, 1.807) is 0 Å². The van der Waals surface area contributed by atoms with Crippen LogP contribution in [-0.2, 0) is 14.3 Å². The average molecular weight is 131 g/mol. The van der Waals surface area contributed by atoms with Gasteiger partial charge in [0.25, 0.3) is 0 Å². The lowest BCUT2D eigenvalue weighted by Crippen LogP contribution is -2.12. The molecule has 0 aromatic heterocycles. The van der Waals surface area contributed by atoms with Gasteiger partial charge in [-0.1, -0.05) is 0 Å². The molecule has 0 aromatic rings. The molecule has 0 bridgehead atoms. The van der Waals surface area contributed by atoms with Crippen molar-refractivity contribution in [3.05, 3.63) is 12.5 Å². The van der Waals surface area contributed by atoms with Gasteiger partial charge in [0.1, 0.15) is 12.5 Å². The van der Waals surface area contributed by atoms with Crippen LogP contribution in [0.15, 0.2) is 12.5 Å². The predicted octanol–water partition coefficient (Wildman–Crippen LogP) is 0.111. The summed E-state index contributed by atoms with van der Waals surface area (Å²) in [4.78, 5) is 4.32. The Morgan fingerprint density at radius 2 is 2.11 bits per heavy atom. The van der Waals surface area contributed by atoms with Crippen LogP contribution in [0.5, 0.6) is 0 Å². The van der Waals surface area contributed by atoms with Gasteiger partial charge in [-0.2, -0.15) is 0 Å². The van der Waals surface area contributed by atoms with Gasteiger partial charge in [-0.05, 0) is 0 Å². The van der Waals surface area contributed by atoms with E-state index in [-0.39, 0.29) is 6.29 Å². The van der Waals surface area contributed by atoms with Gasteiger partial charge in [-0.15, -0.1) is 0 Å². The maximum Gasteiger partial charge on any atom is 0.241 e. The van der Waals surface area contributed by atoms with Crippen molar-refractivity contribution in [2.45, 2.75) is 12.7 Å². The fourth-order valence-corrected chi connectivity index (χ4v) is 0.572. The maximum atomic E-state index is 4.92. The first-order valence-electron chi connectivity index (χ1n) is 2.71. The van der Waals surface area contributed by atoms with Crippen molar-refractivity contribution in [3.8, 4) is 0 Å². The van der Waals surface area contributed by atoms with Gasteiger partial charge in [0.05, 0.1) is 6.61 Å². The Hall–Kier alpha value is -0.740. The van der Waals surface area contributed by atoms with Crippen molar-refractivity contribution >= 4 is 0 Å². The molecule has 0 saturated carbocycles. The molecule has 0 aromatic carbocycles. The minimum atomic E-state index is -0.200. The first kappa shape index (κ1) is 6.38. The van der Waals surface area contributed by atoms with Gasteiger partial charge in [0.2, 0.25) is 6.29 Å². The molecule has 1 aliphatic rings. The van der Waals surface area contributed by atoms with Crippen LogP contribution in [0.3, 0.4) is 0 Å². The lowest BCUT2D eigenvalue weighted by Gasteiger charge is -2.07. The number of ether oxygens (including phenoxy) is 2. The standard InChI is InChI=1S/C5H9NO3/c6-9-2-1-5-7-3-4-8-5/h3-5H,1-2,6H2. The maximum absolute atomic E-state index is 4.92. The third-order valence-electron chi connectivity index (χ3n) is 0.988. The van der Waals surface area contributed by atoms with Crippen LogP contribution in [0.2, 0.25) is 0 Å². The highest BCUT2D eigenvalue weighted by Crippen LogP contribution is 2.07. The van der Waals surface area contributed by atoms with Crippen molar-refractivity contribution in [2.24, 2.45) is 5.90 Å².